The molecular weight excluding hydrogens is 453 g/mol. The fraction of sp³-hybridized carbons (Fsp3) is 0.130. The maximum Gasteiger partial charge on any atom is 0.328 e. The van der Waals surface area contributed by atoms with Gasteiger partial charge in [0, 0.05) is 12.4 Å². The second kappa shape index (κ2) is 11.3. The van der Waals surface area contributed by atoms with Crippen molar-refractivity contribution in [3.63, 3.8) is 0 Å². The van der Waals surface area contributed by atoms with Gasteiger partial charge < -0.3 is 14.8 Å². The fourth-order valence-electron chi connectivity index (χ4n) is 2.73. The van der Waals surface area contributed by atoms with Crippen LogP contribution < -0.4 is 10.1 Å². The SMILES string of the molecule is COC(=O)C(CC=Cc1ccc(Oc2ncccn2)cc1)NC(=O)c1c(Cl)cccc1Cl. The Bertz CT molecular complexity index is 1090. The van der Waals surface area contributed by atoms with Crippen molar-refractivity contribution in [2.75, 3.05) is 7.11 Å². The average molecular weight is 472 g/mol. The van der Waals surface area contributed by atoms with Crippen molar-refractivity contribution in [1.29, 1.82) is 0 Å². The first kappa shape index (κ1) is 23.2. The first-order valence-electron chi connectivity index (χ1n) is 9.52. The van der Waals surface area contributed by atoms with E-state index in [0.717, 1.165) is 5.56 Å². The predicted molar refractivity (Wildman–Crippen MR) is 122 cm³/mol. The van der Waals surface area contributed by atoms with Crippen molar-refractivity contribution in [2.24, 2.45) is 0 Å². The number of amides is 1. The number of hydrogen-bond acceptors (Lipinski definition) is 6. The van der Waals surface area contributed by atoms with Gasteiger partial charge in [-0.2, -0.15) is 0 Å². The monoisotopic (exact) mass is 471 g/mol. The number of halogens is 2. The lowest BCUT2D eigenvalue weighted by Gasteiger charge is -2.16. The van der Waals surface area contributed by atoms with Crippen LogP contribution in [0.5, 0.6) is 11.8 Å². The summed E-state index contributed by atoms with van der Waals surface area (Å²) < 4.78 is 10.4. The van der Waals surface area contributed by atoms with Crippen molar-refractivity contribution in [2.45, 2.75) is 12.5 Å². The molecule has 0 saturated heterocycles. The molecule has 0 saturated carbocycles. The maximum atomic E-state index is 12.6. The molecule has 0 aliphatic heterocycles. The number of hydrogen-bond donors (Lipinski definition) is 1. The highest BCUT2D eigenvalue weighted by molar-refractivity contribution is 6.39. The second-order valence-electron chi connectivity index (χ2n) is 6.49. The van der Waals surface area contributed by atoms with E-state index >= 15 is 0 Å². The summed E-state index contributed by atoms with van der Waals surface area (Å²) in [6.45, 7) is 0. The Labute approximate surface area is 195 Å². The van der Waals surface area contributed by atoms with Crippen molar-refractivity contribution >= 4 is 41.2 Å². The third kappa shape index (κ3) is 6.29. The molecule has 9 heteroatoms. The van der Waals surface area contributed by atoms with Crippen LogP contribution in [0.3, 0.4) is 0 Å². The van der Waals surface area contributed by atoms with Crippen molar-refractivity contribution in [3.05, 3.63) is 88.2 Å². The van der Waals surface area contributed by atoms with Crippen LogP contribution in [-0.2, 0) is 9.53 Å². The van der Waals surface area contributed by atoms with Gasteiger partial charge in [0.05, 0.1) is 22.7 Å². The van der Waals surface area contributed by atoms with E-state index < -0.39 is 17.9 Å². The number of carbonyl (C=O) groups is 2. The van der Waals surface area contributed by atoms with Crippen LogP contribution in [0, 0.1) is 0 Å². The summed E-state index contributed by atoms with van der Waals surface area (Å²) >= 11 is 12.2. The second-order valence-corrected chi connectivity index (χ2v) is 7.30. The molecule has 7 nitrogen and oxygen atoms in total. The molecule has 0 bridgehead atoms. The van der Waals surface area contributed by atoms with Gasteiger partial charge in [0.15, 0.2) is 0 Å². The Morgan fingerprint density at radius 2 is 1.69 bits per heavy atom. The van der Waals surface area contributed by atoms with Crippen molar-refractivity contribution < 1.29 is 19.1 Å². The number of methoxy groups -OCH3 is 1. The average Bonchev–Trinajstić information content (AvgIpc) is 2.79. The summed E-state index contributed by atoms with van der Waals surface area (Å²) in [5.41, 5.74) is 0.974. The van der Waals surface area contributed by atoms with Crippen LogP contribution in [0.15, 0.2) is 67.0 Å². The zero-order valence-corrected chi connectivity index (χ0v) is 18.5. The topological polar surface area (TPSA) is 90.4 Å². The lowest BCUT2D eigenvalue weighted by molar-refractivity contribution is -0.142. The van der Waals surface area contributed by atoms with E-state index in [1.54, 1.807) is 54.9 Å². The Kier molecular flexibility index (Phi) is 8.19. The number of benzene rings is 2. The summed E-state index contributed by atoms with van der Waals surface area (Å²) in [6, 6.07) is 13.0. The first-order valence-corrected chi connectivity index (χ1v) is 10.3. The van der Waals surface area contributed by atoms with E-state index in [-0.39, 0.29) is 28.0 Å². The molecule has 3 rings (SSSR count). The molecule has 0 radical (unpaired) electrons. The van der Waals surface area contributed by atoms with Crippen LogP contribution in [-0.4, -0.2) is 35.0 Å². The largest absolute Gasteiger partial charge is 0.467 e. The number of esters is 1. The first-order chi connectivity index (χ1) is 15.5. The Hall–Kier alpha value is -3.42. The zero-order chi connectivity index (χ0) is 22.9. The Morgan fingerprint density at radius 3 is 2.31 bits per heavy atom. The normalized spacial score (nSPS) is 11.7. The summed E-state index contributed by atoms with van der Waals surface area (Å²) in [5.74, 6) is -0.559. The zero-order valence-electron chi connectivity index (χ0n) is 17.0. The van der Waals surface area contributed by atoms with E-state index in [9.17, 15) is 9.59 Å². The molecule has 1 aromatic heterocycles. The summed E-state index contributed by atoms with van der Waals surface area (Å²) in [7, 11) is 1.25. The minimum atomic E-state index is -0.908. The quantitative estimate of drug-likeness (QED) is 0.467. The molecule has 0 fully saturated rings. The molecular formula is C23H19Cl2N3O4. The summed E-state index contributed by atoms with van der Waals surface area (Å²) in [4.78, 5) is 32.8. The number of nitrogens with one attached hydrogen (secondary N) is 1. The smallest absolute Gasteiger partial charge is 0.328 e. The van der Waals surface area contributed by atoms with E-state index in [2.05, 4.69) is 15.3 Å². The fourth-order valence-corrected chi connectivity index (χ4v) is 3.30. The molecule has 1 atom stereocenters. The number of aromatic nitrogens is 2. The number of carbonyl (C=O) groups excluding carboxylic acids is 2. The molecule has 0 aliphatic carbocycles. The predicted octanol–water partition coefficient (Wildman–Crippen LogP) is 4.95. The van der Waals surface area contributed by atoms with Crippen LogP contribution in [0.4, 0.5) is 0 Å². The Balaban J connectivity index is 1.63. The van der Waals surface area contributed by atoms with Crippen LogP contribution >= 0.6 is 23.2 Å². The molecule has 3 aromatic rings. The minimum absolute atomic E-state index is 0.103. The highest BCUT2D eigenvalue weighted by Crippen LogP contribution is 2.24. The standard InChI is InChI=1S/C23H19Cl2N3O4/c1-31-22(30)19(28-21(29)20-17(24)6-3-7-18(20)25)8-2-5-15-9-11-16(12-10-15)32-23-26-13-4-14-27-23/h2-7,9-14,19H,8H2,1H3,(H,28,29). The molecule has 0 aliphatic rings. The molecule has 1 unspecified atom stereocenters. The van der Waals surface area contributed by atoms with Gasteiger partial charge in [-0.3, -0.25) is 4.79 Å². The lowest BCUT2D eigenvalue weighted by atomic mass is 10.1. The molecule has 1 heterocycles. The van der Waals surface area contributed by atoms with E-state index in [1.807, 2.05) is 18.2 Å². The van der Waals surface area contributed by atoms with E-state index in [4.69, 9.17) is 32.7 Å². The van der Waals surface area contributed by atoms with E-state index in [0.29, 0.717) is 5.75 Å². The lowest BCUT2D eigenvalue weighted by Crippen LogP contribution is -2.41. The van der Waals surface area contributed by atoms with E-state index in [1.165, 1.54) is 7.11 Å². The van der Waals surface area contributed by atoms with Gasteiger partial charge in [-0.15, -0.1) is 0 Å². The van der Waals surface area contributed by atoms with Crippen LogP contribution in [0.2, 0.25) is 10.0 Å². The molecule has 32 heavy (non-hydrogen) atoms. The van der Waals surface area contributed by atoms with Crippen LogP contribution in [0.25, 0.3) is 6.08 Å². The molecule has 2 aromatic carbocycles. The highest BCUT2D eigenvalue weighted by atomic mass is 35.5. The van der Waals surface area contributed by atoms with Crippen LogP contribution in [0.1, 0.15) is 22.3 Å². The van der Waals surface area contributed by atoms with Gasteiger partial charge >= 0.3 is 12.0 Å². The third-order valence-corrected chi connectivity index (χ3v) is 4.92. The van der Waals surface area contributed by atoms with Crippen molar-refractivity contribution in [1.82, 2.24) is 15.3 Å². The highest BCUT2D eigenvalue weighted by Gasteiger charge is 2.23. The third-order valence-electron chi connectivity index (χ3n) is 4.29. The van der Waals surface area contributed by atoms with Gasteiger partial charge in [-0.1, -0.05) is 53.6 Å². The Morgan fingerprint density at radius 1 is 1.03 bits per heavy atom. The van der Waals surface area contributed by atoms with Gasteiger partial charge in [0.2, 0.25) is 0 Å². The number of ether oxygens (including phenoxy) is 2. The van der Waals surface area contributed by atoms with Crippen molar-refractivity contribution in [3.8, 4) is 11.8 Å². The number of rotatable bonds is 8. The minimum Gasteiger partial charge on any atom is -0.467 e. The summed E-state index contributed by atoms with van der Waals surface area (Å²) in [5, 5.41) is 3.00. The maximum absolute atomic E-state index is 12.6. The molecule has 1 N–H and O–H groups in total. The summed E-state index contributed by atoms with van der Waals surface area (Å²) in [6.07, 6.45) is 6.96. The van der Waals surface area contributed by atoms with Gasteiger partial charge in [-0.05, 0) is 42.3 Å². The molecule has 0 spiro atoms. The van der Waals surface area contributed by atoms with Gasteiger partial charge in [0.1, 0.15) is 11.8 Å². The van der Waals surface area contributed by atoms with Gasteiger partial charge in [0.25, 0.3) is 5.91 Å². The number of nitrogens with zero attached hydrogens (tertiary/aromatic N) is 2. The molecule has 164 valence electrons. The molecule has 1 amide bonds. The van der Waals surface area contributed by atoms with Gasteiger partial charge in [-0.25, -0.2) is 14.8 Å².